The molecular weight excluding hydrogens is 540 g/mol. The van der Waals surface area contributed by atoms with Gasteiger partial charge in [-0.05, 0) is 73.6 Å². The van der Waals surface area contributed by atoms with Crippen LogP contribution in [0.1, 0.15) is 68.8 Å². The van der Waals surface area contributed by atoms with Gasteiger partial charge in [0.15, 0.2) is 0 Å². The highest BCUT2D eigenvalue weighted by atomic mass is 35.5. The first-order chi connectivity index (χ1) is 19.2. The third-order valence-electron chi connectivity index (χ3n) is 8.31. The highest BCUT2D eigenvalue weighted by molar-refractivity contribution is 6.05. The standard InChI is InChI=1S/C32H44N4O4.ClH/c1-6-7-18-36-30(38)28(21-23(2)3)33-31(39)32(36)16-19-35(20-17-32)22-24-8-10-25(11-9-24)29(37)34(4)26-12-14-27(40-5)15-13-26;/h8-15,23,28H,6-7,16-22H2,1-5H3,(H,33,39);1H/t28-;/m0./s1. The van der Waals surface area contributed by atoms with Gasteiger partial charge < -0.3 is 19.9 Å². The molecule has 2 fully saturated rings. The second-order valence-electron chi connectivity index (χ2n) is 11.6. The molecule has 8 nitrogen and oxygen atoms in total. The number of nitrogens with one attached hydrogen (secondary N) is 1. The predicted molar refractivity (Wildman–Crippen MR) is 165 cm³/mol. The lowest BCUT2D eigenvalue weighted by molar-refractivity contribution is -0.161. The summed E-state index contributed by atoms with van der Waals surface area (Å²) >= 11 is 0. The first kappa shape index (κ1) is 32.4. The molecule has 41 heavy (non-hydrogen) atoms. The van der Waals surface area contributed by atoms with Crippen LogP contribution in [0.5, 0.6) is 5.75 Å². The Morgan fingerprint density at radius 1 is 1.07 bits per heavy atom. The number of likely N-dealkylation sites (tertiary alicyclic amines) is 1. The molecule has 0 radical (unpaired) electrons. The number of amides is 3. The van der Waals surface area contributed by atoms with Crippen molar-refractivity contribution in [1.82, 2.24) is 15.1 Å². The summed E-state index contributed by atoms with van der Waals surface area (Å²) in [4.78, 5) is 45.9. The van der Waals surface area contributed by atoms with E-state index in [2.05, 4.69) is 31.0 Å². The van der Waals surface area contributed by atoms with E-state index in [0.717, 1.165) is 49.5 Å². The number of hydrogen-bond donors (Lipinski definition) is 1. The van der Waals surface area contributed by atoms with Gasteiger partial charge >= 0.3 is 0 Å². The number of rotatable bonds is 10. The molecule has 2 saturated heterocycles. The molecule has 0 saturated carbocycles. The van der Waals surface area contributed by atoms with E-state index in [9.17, 15) is 14.4 Å². The fourth-order valence-electron chi connectivity index (χ4n) is 5.85. The van der Waals surface area contributed by atoms with Crippen molar-refractivity contribution in [2.75, 3.05) is 38.7 Å². The molecule has 2 heterocycles. The maximum atomic E-state index is 13.5. The summed E-state index contributed by atoms with van der Waals surface area (Å²) in [5.41, 5.74) is 1.78. The summed E-state index contributed by atoms with van der Waals surface area (Å²) in [6.07, 6.45) is 3.82. The minimum Gasteiger partial charge on any atom is -0.497 e. The van der Waals surface area contributed by atoms with Crippen LogP contribution in [-0.2, 0) is 16.1 Å². The van der Waals surface area contributed by atoms with E-state index in [1.165, 1.54) is 0 Å². The number of piperidine rings is 1. The lowest BCUT2D eigenvalue weighted by atomic mass is 9.80. The van der Waals surface area contributed by atoms with Crippen molar-refractivity contribution in [1.29, 1.82) is 0 Å². The van der Waals surface area contributed by atoms with Crippen LogP contribution in [0.25, 0.3) is 0 Å². The molecule has 1 spiro atoms. The monoisotopic (exact) mass is 584 g/mol. The molecule has 0 aliphatic carbocycles. The van der Waals surface area contributed by atoms with Crippen LogP contribution in [0, 0.1) is 5.92 Å². The summed E-state index contributed by atoms with van der Waals surface area (Å²) < 4.78 is 5.21. The normalized spacial score (nSPS) is 18.7. The third kappa shape index (κ3) is 7.22. The van der Waals surface area contributed by atoms with Crippen LogP contribution >= 0.6 is 12.4 Å². The van der Waals surface area contributed by atoms with Crippen LogP contribution in [0.3, 0.4) is 0 Å². The average molecular weight is 585 g/mol. The van der Waals surface area contributed by atoms with E-state index >= 15 is 0 Å². The van der Waals surface area contributed by atoms with E-state index < -0.39 is 11.6 Å². The van der Waals surface area contributed by atoms with Gasteiger partial charge in [-0.3, -0.25) is 19.3 Å². The number of carbonyl (C=O) groups is 3. The fraction of sp³-hybridized carbons (Fsp3) is 0.531. The molecule has 1 atom stereocenters. The van der Waals surface area contributed by atoms with Crippen LogP contribution in [-0.4, -0.2) is 72.9 Å². The Hall–Kier alpha value is -3.10. The molecule has 2 aromatic carbocycles. The summed E-state index contributed by atoms with van der Waals surface area (Å²) in [5.74, 6) is 1.10. The molecule has 3 amide bonds. The number of ether oxygens (including phenoxy) is 1. The van der Waals surface area contributed by atoms with E-state index in [1.807, 2.05) is 53.4 Å². The molecule has 9 heteroatoms. The lowest BCUT2D eigenvalue weighted by Gasteiger charge is -2.52. The Labute approximate surface area is 250 Å². The summed E-state index contributed by atoms with van der Waals surface area (Å²) in [6.45, 7) is 9.13. The highest BCUT2D eigenvalue weighted by Crippen LogP contribution is 2.34. The molecule has 2 aliphatic rings. The third-order valence-corrected chi connectivity index (χ3v) is 8.31. The number of piperazine rings is 1. The minimum absolute atomic E-state index is 0. The number of unbranched alkanes of at least 4 members (excludes halogenated alkanes) is 1. The Bertz CT molecular complexity index is 1180. The zero-order valence-electron chi connectivity index (χ0n) is 25.0. The van der Waals surface area contributed by atoms with Gasteiger partial charge in [0, 0.05) is 44.5 Å². The number of halogens is 1. The Kier molecular flexibility index (Phi) is 11.2. The minimum atomic E-state index is -0.751. The molecule has 224 valence electrons. The van der Waals surface area contributed by atoms with Crippen molar-refractivity contribution in [3.8, 4) is 5.75 Å². The van der Waals surface area contributed by atoms with Gasteiger partial charge in [-0.2, -0.15) is 0 Å². The zero-order chi connectivity index (χ0) is 28.9. The molecule has 2 aliphatic heterocycles. The second-order valence-corrected chi connectivity index (χ2v) is 11.6. The highest BCUT2D eigenvalue weighted by Gasteiger charge is 2.53. The van der Waals surface area contributed by atoms with Crippen molar-refractivity contribution in [3.63, 3.8) is 0 Å². The average Bonchev–Trinajstić information content (AvgIpc) is 2.96. The molecule has 4 rings (SSSR count). The number of nitrogens with zero attached hydrogens (tertiary/aromatic N) is 3. The van der Waals surface area contributed by atoms with E-state index in [-0.39, 0.29) is 30.1 Å². The van der Waals surface area contributed by atoms with Gasteiger partial charge in [-0.1, -0.05) is 39.3 Å². The Morgan fingerprint density at radius 3 is 2.27 bits per heavy atom. The van der Waals surface area contributed by atoms with Crippen LogP contribution in [0.4, 0.5) is 5.69 Å². The predicted octanol–water partition coefficient (Wildman–Crippen LogP) is 4.90. The summed E-state index contributed by atoms with van der Waals surface area (Å²) in [5, 5.41) is 3.08. The second kappa shape index (κ2) is 14.2. The first-order valence-electron chi connectivity index (χ1n) is 14.5. The Morgan fingerprint density at radius 2 is 1.71 bits per heavy atom. The maximum Gasteiger partial charge on any atom is 0.258 e. The van der Waals surface area contributed by atoms with Crippen LogP contribution in [0.2, 0.25) is 0 Å². The van der Waals surface area contributed by atoms with E-state index in [1.54, 1.807) is 19.1 Å². The zero-order valence-corrected chi connectivity index (χ0v) is 25.8. The van der Waals surface area contributed by atoms with Gasteiger partial charge in [0.2, 0.25) is 11.8 Å². The van der Waals surface area contributed by atoms with Crippen molar-refractivity contribution < 1.29 is 19.1 Å². The van der Waals surface area contributed by atoms with Gasteiger partial charge in [0.05, 0.1) is 7.11 Å². The molecular formula is C32H45ClN4O4. The lowest BCUT2D eigenvalue weighted by Crippen LogP contribution is -2.73. The van der Waals surface area contributed by atoms with E-state index in [4.69, 9.17) is 4.74 Å². The summed E-state index contributed by atoms with van der Waals surface area (Å²) in [7, 11) is 3.38. The quantitative estimate of drug-likeness (QED) is 0.429. The van der Waals surface area contributed by atoms with E-state index in [0.29, 0.717) is 37.3 Å². The largest absolute Gasteiger partial charge is 0.497 e. The van der Waals surface area contributed by atoms with Crippen molar-refractivity contribution in [2.45, 2.75) is 71.0 Å². The molecule has 0 bridgehead atoms. The van der Waals surface area contributed by atoms with Crippen molar-refractivity contribution in [3.05, 3.63) is 59.7 Å². The Balaban J connectivity index is 0.00000462. The number of carbonyl (C=O) groups excluding carboxylic acids is 3. The van der Waals surface area contributed by atoms with Crippen molar-refractivity contribution in [2.24, 2.45) is 5.92 Å². The van der Waals surface area contributed by atoms with Gasteiger partial charge in [0.1, 0.15) is 17.3 Å². The molecule has 2 aromatic rings. The molecule has 1 N–H and O–H groups in total. The topological polar surface area (TPSA) is 82.2 Å². The maximum absolute atomic E-state index is 13.5. The van der Waals surface area contributed by atoms with Gasteiger partial charge in [0.25, 0.3) is 5.91 Å². The first-order valence-corrected chi connectivity index (χ1v) is 14.5. The van der Waals surface area contributed by atoms with Gasteiger partial charge in [-0.25, -0.2) is 0 Å². The van der Waals surface area contributed by atoms with Crippen molar-refractivity contribution >= 4 is 35.8 Å². The summed E-state index contributed by atoms with van der Waals surface area (Å²) in [6, 6.07) is 14.7. The van der Waals surface area contributed by atoms with Gasteiger partial charge in [-0.15, -0.1) is 12.4 Å². The van der Waals surface area contributed by atoms with Crippen LogP contribution < -0.4 is 15.0 Å². The number of anilines is 1. The number of hydrogen-bond acceptors (Lipinski definition) is 5. The fourth-order valence-corrected chi connectivity index (χ4v) is 5.85. The molecule has 0 aromatic heterocycles. The molecule has 0 unspecified atom stereocenters. The van der Waals surface area contributed by atoms with Crippen LogP contribution in [0.15, 0.2) is 48.5 Å². The number of methoxy groups -OCH3 is 1. The SMILES string of the molecule is CCCCN1C(=O)[C@H](CC(C)C)NC(=O)C12CCN(Cc1ccc(C(=O)N(C)c3ccc(OC)cc3)cc1)CC2.Cl. The smallest absolute Gasteiger partial charge is 0.258 e. The number of benzene rings is 2.